The Labute approximate surface area is 109 Å². The van der Waals surface area contributed by atoms with Gasteiger partial charge in [-0.25, -0.2) is 0 Å². The first-order valence-electron chi connectivity index (χ1n) is 6.75. The van der Waals surface area contributed by atoms with Crippen LogP contribution in [-0.4, -0.2) is 42.9 Å². The van der Waals surface area contributed by atoms with Crippen LogP contribution in [0.3, 0.4) is 0 Å². The standard InChI is InChI=1S/C15H23NO2/c1-12(2)13-3-5-14(6-4-13)15(11-17)16-7-9-18-10-8-16/h3-6,12,15,17H,7-11H2,1-2H3/t15-/m0/s1. The van der Waals surface area contributed by atoms with Gasteiger partial charge in [0, 0.05) is 13.1 Å². The van der Waals surface area contributed by atoms with E-state index in [0.29, 0.717) is 5.92 Å². The summed E-state index contributed by atoms with van der Waals surface area (Å²) < 4.78 is 5.36. The molecule has 3 nitrogen and oxygen atoms in total. The molecular weight excluding hydrogens is 226 g/mol. The van der Waals surface area contributed by atoms with Crippen LogP contribution in [-0.2, 0) is 4.74 Å². The largest absolute Gasteiger partial charge is 0.394 e. The average molecular weight is 249 g/mol. The van der Waals surface area contributed by atoms with Gasteiger partial charge in [0.05, 0.1) is 25.9 Å². The van der Waals surface area contributed by atoms with E-state index < -0.39 is 0 Å². The second kappa shape index (κ2) is 6.32. The van der Waals surface area contributed by atoms with Gasteiger partial charge in [0.25, 0.3) is 0 Å². The molecular formula is C15H23NO2. The molecule has 0 spiro atoms. The quantitative estimate of drug-likeness (QED) is 0.887. The average Bonchev–Trinajstić information content (AvgIpc) is 2.41. The molecule has 0 bridgehead atoms. The lowest BCUT2D eigenvalue weighted by Gasteiger charge is -2.33. The van der Waals surface area contributed by atoms with Crippen molar-refractivity contribution in [2.75, 3.05) is 32.9 Å². The zero-order chi connectivity index (χ0) is 13.0. The summed E-state index contributed by atoms with van der Waals surface area (Å²) in [5.74, 6) is 0.551. The first-order valence-corrected chi connectivity index (χ1v) is 6.75. The minimum atomic E-state index is 0.107. The van der Waals surface area contributed by atoms with Crippen molar-refractivity contribution < 1.29 is 9.84 Å². The fourth-order valence-corrected chi connectivity index (χ4v) is 2.42. The molecule has 1 aliphatic heterocycles. The second-order valence-corrected chi connectivity index (χ2v) is 5.17. The number of ether oxygens (including phenoxy) is 1. The lowest BCUT2D eigenvalue weighted by atomic mass is 9.98. The van der Waals surface area contributed by atoms with Crippen molar-refractivity contribution >= 4 is 0 Å². The van der Waals surface area contributed by atoms with Crippen LogP contribution in [0.5, 0.6) is 0 Å². The maximum absolute atomic E-state index is 9.63. The van der Waals surface area contributed by atoms with E-state index in [9.17, 15) is 5.11 Å². The van der Waals surface area contributed by atoms with E-state index in [1.54, 1.807) is 0 Å². The highest BCUT2D eigenvalue weighted by Crippen LogP contribution is 2.23. The van der Waals surface area contributed by atoms with E-state index in [4.69, 9.17) is 4.74 Å². The van der Waals surface area contributed by atoms with Gasteiger partial charge in [-0.1, -0.05) is 38.1 Å². The number of aliphatic hydroxyl groups is 1. The summed E-state index contributed by atoms with van der Waals surface area (Å²) in [7, 11) is 0. The molecule has 3 heteroatoms. The van der Waals surface area contributed by atoms with Crippen molar-refractivity contribution in [3.63, 3.8) is 0 Å². The first kappa shape index (κ1) is 13.5. The monoisotopic (exact) mass is 249 g/mol. The van der Waals surface area contributed by atoms with Gasteiger partial charge in [-0.15, -0.1) is 0 Å². The Bertz CT molecular complexity index is 355. The third-order valence-electron chi connectivity index (χ3n) is 3.65. The van der Waals surface area contributed by atoms with Gasteiger partial charge in [-0.05, 0) is 17.0 Å². The molecule has 0 unspecified atom stereocenters. The molecule has 0 saturated carbocycles. The second-order valence-electron chi connectivity index (χ2n) is 5.17. The molecule has 0 aliphatic carbocycles. The predicted molar refractivity (Wildman–Crippen MR) is 72.7 cm³/mol. The maximum Gasteiger partial charge on any atom is 0.0628 e. The van der Waals surface area contributed by atoms with Crippen LogP contribution in [0.2, 0.25) is 0 Å². The van der Waals surface area contributed by atoms with E-state index in [-0.39, 0.29) is 12.6 Å². The molecule has 1 saturated heterocycles. The fourth-order valence-electron chi connectivity index (χ4n) is 2.42. The molecule has 1 fully saturated rings. The van der Waals surface area contributed by atoms with E-state index >= 15 is 0 Å². The summed E-state index contributed by atoms with van der Waals surface area (Å²) >= 11 is 0. The van der Waals surface area contributed by atoms with Gasteiger partial charge in [0.15, 0.2) is 0 Å². The van der Waals surface area contributed by atoms with Crippen LogP contribution in [0.4, 0.5) is 0 Å². The van der Waals surface area contributed by atoms with Crippen molar-refractivity contribution in [2.24, 2.45) is 0 Å². The number of aliphatic hydroxyl groups excluding tert-OH is 1. The third kappa shape index (κ3) is 3.10. The normalized spacial score (nSPS) is 19.1. The molecule has 18 heavy (non-hydrogen) atoms. The number of morpholine rings is 1. The van der Waals surface area contributed by atoms with Crippen molar-refractivity contribution in [3.8, 4) is 0 Å². The number of nitrogens with zero attached hydrogens (tertiary/aromatic N) is 1. The van der Waals surface area contributed by atoms with Crippen molar-refractivity contribution in [1.82, 2.24) is 4.90 Å². The molecule has 2 rings (SSSR count). The maximum atomic E-state index is 9.63. The van der Waals surface area contributed by atoms with Gasteiger partial charge in [0.1, 0.15) is 0 Å². The number of hydrogen-bond donors (Lipinski definition) is 1. The summed E-state index contributed by atoms with van der Waals surface area (Å²) in [6, 6.07) is 8.74. The molecule has 100 valence electrons. The Morgan fingerprint density at radius 1 is 1.11 bits per heavy atom. The van der Waals surface area contributed by atoms with Gasteiger partial charge in [0.2, 0.25) is 0 Å². The minimum absolute atomic E-state index is 0.107. The van der Waals surface area contributed by atoms with Crippen molar-refractivity contribution in [3.05, 3.63) is 35.4 Å². The third-order valence-corrected chi connectivity index (χ3v) is 3.65. The lowest BCUT2D eigenvalue weighted by molar-refractivity contribution is 0.00259. The molecule has 1 N–H and O–H groups in total. The molecule has 0 amide bonds. The van der Waals surface area contributed by atoms with Crippen LogP contribution >= 0.6 is 0 Å². The van der Waals surface area contributed by atoms with E-state index in [2.05, 4.69) is 43.0 Å². The van der Waals surface area contributed by atoms with E-state index in [1.807, 2.05) is 0 Å². The molecule has 0 radical (unpaired) electrons. The number of rotatable bonds is 4. The Morgan fingerprint density at radius 2 is 1.67 bits per heavy atom. The predicted octanol–water partition coefficient (Wildman–Crippen LogP) is 2.18. The van der Waals surface area contributed by atoms with Gasteiger partial charge in [-0.3, -0.25) is 4.90 Å². The summed E-state index contributed by atoms with van der Waals surface area (Å²) in [5.41, 5.74) is 2.54. The van der Waals surface area contributed by atoms with Crippen LogP contribution < -0.4 is 0 Å². The smallest absolute Gasteiger partial charge is 0.0628 e. The number of hydrogen-bond acceptors (Lipinski definition) is 3. The highest BCUT2D eigenvalue weighted by Gasteiger charge is 2.21. The summed E-state index contributed by atoms with van der Waals surface area (Å²) in [4.78, 5) is 2.30. The minimum Gasteiger partial charge on any atom is -0.394 e. The molecule has 1 atom stereocenters. The molecule has 0 aromatic heterocycles. The lowest BCUT2D eigenvalue weighted by Crippen LogP contribution is -2.40. The Hall–Kier alpha value is -0.900. The Kier molecular flexibility index (Phi) is 4.75. The first-order chi connectivity index (χ1) is 8.72. The zero-order valence-corrected chi connectivity index (χ0v) is 11.3. The molecule has 1 aliphatic rings. The van der Waals surface area contributed by atoms with Crippen molar-refractivity contribution in [2.45, 2.75) is 25.8 Å². The van der Waals surface area contributed by atoms with Gasteiger partial charge < -0.3 is 9.84 Å². The highest BCUT2D eigenvalue weighted by molar-refractivity contribution is 5.27. The van der Waals surface area contributed by atoms with Crippen molar-refractivity contribution in [1.29, 1.82) is 0 Å². The van der Waals surface area contributed by atoms with Crippen LogP contribution in [0.25, 0.3) is 0 Å². The molecule has 1 heterocycles. The topological polar surface area (TPSA) is 32.7 Å². The number of benzene rings is 1. The van der Waals surface area contributed by atoms with Crippen LogP contribution in [0.15, 0.2) is 24.3 Å². The molecule has 1 aromatic carbocycles. The Balaban J connectivity index is 2.11. The van der Waals surface area contributed by atoms with E-state index in [0.717, 1.165) is 26.3 Å². The van der Waals surface area contributed by atoms with Crippen LogP contribution in [0, 0.1) is 0 Å². The molecule has 1 aromatic rings. The summed E-state index contributed by atoms with van der Waals surface area (Å²) in [5, 5.41) is 9.63. The van der Waals surface area contributed by atoms with Crippen LogP contribution in [0.1, 0.15) is 36.9 Å². The fraction of sp³-hybridized carbons (Fsp3) is 0.600. The summed E-state index contributed by atoms with van der Waals surface area (Å²) in [6.45, 7) is 7.89. The van der Waals surface area contributed by atoms with Gasteiger partial charge in [-0.2, -0.15) is 0 Å². The highest BCUT2D eigenvalue weighted by atomic mass is 16.5. The SMILES string of the molecule is CC(C)c1ccc([C@H](CO)N2CCOCC2)cc1. The Morgan fingerprint density at radius 3 is 2.17 bits per heavy atom. The summed E-state index contributed by atoms with van der Waals surface area (Å²) in [6.07, 6.45) is 0. The zero-order valence-electron chi connectivity index (χ0n) is 11.3. The van der Waals surface area contributed by atoms with Gasteiger partial charge >= 0.3 is 0 Å². The van der Waals surface area contributed by atoms with E-state index in [1.165, 1.54) is 11.1 Å².